The number of amides is 1. The summed E-state index contributed by atoms with van der Waals surface area (Å²) in [5.41, 5.74) is 1.14. The Morgan fingerprint density at radius 3 is 3.19 bits per heavy atom. The van der Waals surface area contributed by atoms with Gasteiger partial charge in [0.05, 0.1) is 30.4 Å². The molecule has 2 aliphatic rings. The number of carbonyl (C=O) groups is 1. The van der Waals surface area contributed by atoms with E-state index in [4.69, 9.17) is 9.47 Å². The van der Waals surface area contributed by atoms with Gasteiger partial charge in [0.2, 0.25) is 0 Å². The van der Waals surface area contributed by atoms with Crippen LogP contribution >= 0.6 is 11.3 Å². The molecule has 2 aliphatic heterocycles. The van der Waals surface area contributed by atoms with Gasteiger partial charge in [-0.05, 0) is 18.1 Å². The molecule has 1 atom stereocenters. The molecule has 1 unspecified atom stereocenters. The van der Waals surface area contributed by atoms with Crippen LogP contribution in [0.4, 0.5) is 5.82 Å². The molecule has 1 amide bonds. The molecule has 138 valence electrons. The van der Waals surface area contributed by atoms with Crippen LogP contribution in [0.3, 0.4) is 0 Å². The number of fused-ring (bicyclic) bond motifs is 1. The van der Waals surface area contributed by atoms with Crippen LogP contribution < -0.4 is 10.2 Å². The second-order valence-electron chi connectivity index (χ2n) is 6.43. The molecule has 0 bridgehead atoms. The molecule has 26 heavy (non-hydrogen) atoms. The largest absolute Gasteiger partial charge is 0.376 e. The smallest absolute Gasteiger partial charge is 0.261 e. The van der Waals surface area contributed by atoms with E-state index >= 15 is 0 Å². The summed E-state index contributed by atoms with van der Waals surface area (Å²) < 4.78 is 11.4. The first-order valence-corrected chi connectivity index (χ1v) is 9.71. The number of nitrogens with one attached hydrogen (secondary N) is 1. The van der Waals surface area contributed by atoms with E-state index in [2.05, 4.69) is 20.2 Å². The molecule has 4 heterocycles. The van der Waals surface area contributed by atoms with Crippen LogP contribution in [0.2, 0.25) is 0 Å². The van der Waals surface area contributed by atoms with Crippen LogP contribution in [0.1, 0.15) is 26.5 Å². The van der Waals surface area contributed by atoms with Crippen molar-refractivity contribution in [2.45, 2.75) is 25.6 Å². The summed E-state index contributed by atoms with van der Waals surface area (Å²) in [5.74, 6) is 0.809. The number of hydrogen-bond donors (Lipinski definition) is 1. The third kappa shape index (κ3) is 4.03. The summed E-state index contributed by atoms with van der Waals surface area (Å²) in [6.07, 6.45) is 6.88. The minimum Gasteiger partial charge on any atom is -0.376 e. The summed E-state index contributed by atoms with van der Waals surface area (Å²) in [4.78, 5) is 25.2. The molecule has 2 aromatic rings. The van der Waals surface area contributed by atoms with E-state index in [1.165, 1.54) is 4.88 Å². The zero-order valence-electron chi connectivity index (χ0n) is 14.5. The molecule has 1 saturated heterocycles. The second kappa shape index (κ2) is 8.11. The Labute approximate surface area is 156 Å². The van der Waals surface area contributed by atoms with Crippen molar-refractivity contribution in [1.29, 1.82) is 0 Å². The van der Waals surface area contributed by atoms with Gasteiger partial charge in [-0.15, -0.1) is 11.3 Å². The number of anilines is 1. The van der Waals surface area contributed by atoms with Crippen LogP contribution in [0, 0.1) is 0 Å². The van der Waals surface area contributed by atoms with Crippen molar-refractivity contribution in [1.82, 2.24) is 15.3 Å². The van der Waals surface area contributed by atoms with E-state index in [-0.39, 0.29) is 12.0 Å². The van der Waals surface area contributed by atoms with E-state index in [9.17, 15) is 4.79 Å². The number of ether oxygens (including phenoxy) is 2. The number of rotatable bonds is 4. The van der Waals surface area contributed by atoms with E-state index in [1.807, 2.05) is 6.07 Å². The Balaban J connectivity index is 1.35. The summed E-state index contributed by atoms with van der Waals surface area (Å²) >= 11 is 1.57. The number of aromatic nitrogens is 2. The van der Waals surface area contributed by atoms with Gasteiger partial charge in [-0.1, -0.05) is 0 Å². The summed E-state index contributed by atoms with van der Waals surface area (Å²) in [5, 5.41) is 3.02. The van der Waals surface area contributed by atoms with Crippen molar-refractivity contribution in [3.63, 3.8) is 0 Å². The lowest BCUT2D eigenvalue weighted by atomic mass is 10.2. The van der Waals surface area contributed by atoms with Gasteiger partial charge in [-0.25, -0.2) is 4.98 Å². The molecule has 4 rings (SSSR count). The molecular formula is C18H22N4O3S. The zero-order chi connectivity index (χ0) is 17.8. The minimum atomic E-state index is -0.0682. The van der Waals surface area contributed by atoms with Crippen molar-refractivity contribution in [2.75, 3.05) is 37.7 Å². The fourth-order valence-corrected chi connectivity index (χ4v) is 4.30. The first-order chi connectivity index (χ1) is 12.8. The maximum absolute atomic E-state index is 12.5. The minimum absolute atomic E-state index is 0.0386. The number of hydrogen-bond acceptors (Lipinski definition) is 7. The van der Waals surface area contributed by atoms with E-state index in [0.29, 0.717) is 26.3 Å². The Morgan fingerprint density at radius 1 is 1.38 bits per heavy atom. The predicted octanol–water partition coefficient (Wildman–Crippen LogP) is 1.64. The molecule has 0 radical (unpaired) electrons. The summed E-state index contributed by atoms with van der Waals surface area (Å²) in [6.45, 7) is 4.08. The maximum Gasteiger partial charge on any atom is 0.261 e. The highest BCUT2D eigenvalue weighted by Crippen LogP contribution is 2.26. The van der Waals surface area contributed by atoms with Gasteiger partial charge in [-0.3, -0.25) is 9.78 Å². The molecule has 1 N–H and O–H groups in total. The van der Waals surface area contributed by atoms with Crippen molar-refractivity contribution >= 4 is 23.1 Å². The van der Waals surface area contributed by atoms with Crippen LogP contribution in [0.15, 0.2) is 24.7 Å². The molecule has 1 fully saturated rings. The molecular weight excluding hydrogens is 352 g/mol. The third-order valence-corrected chi connectivity index (χ3v) is 5.80. The normalized spacial score (nSPS) is 20.3. The lowest BCUT2D eigenvalue weighted by Gasteiger charge is -2.24. The predicted molar refractivity (Wildman–Crippen MR) is 98.6 cm³/mol. The lowest BCUT2D eigenvalue weighted by molar-refractivity contribution is 0.0640. The quantitative estimate of drug-likeness (QED) is 0.877. The topological polar surface area (TPSA) is 76.6 Å². The molecule has 8 heteroatoms. The highest BCUT2D eigenvalue weighted by atomic mass is 32.1. The Morgan fingerprint density at radius 2 is 2.35 bits per heavy atom. The standard InChI is InChI=1S/C18H22N4O3S/c23-18(16-8-13-12-24-7-2-15(13)26-16)21-9-14-11-22(5-1-6-25-14)17-10-19-3-4-20-17/h3-4,8,10,14H,1-2,5-7,9,11-12H2,(H,21,23). The Hall–Kier alpha value is -2.03. The third-order valence-electron chi connectivity index (χ3n) is 4.57. The molecule has 0 saturated carbocycles. The maximum atomic E-state index is 12.5. The fourth-order valence-electron chi connectivity index (χ4n) is 3.23. The SMILES string of the molecule is O=C(NCC1CN(c2cnccn2)CCCO1)c1cc2c(s1)CCOC2. The van der Waals surface area contributed by atoms with E-state index in [0.717, 1.165) is 42.3 Å². The van der Waals surface area contributed by atoms with Gasteiger partial charge in [0.15, 0.2) is 0 Å². The fraction of sp³-hybridized carbons (Fsp3) is 0.500. The average molecular weight is 374 g/mol. The van der Waals surface area contributed by atoms with Crippen molar-refractivity contribution in [3.8, 4) is 0 Å². The molecule has 0 aromatic carbocycles. The van der Waals surface area contributed by atoms with Crippen molar-refractivity contribution in [2.24, 2.45) is 0 Å². The Bertz CT molecular complexity index is 729. The monoisotopic (exact) mass is 374 g/mol. The summed E-state index contributed by atoms with van der Waals surface area (Å²) in [7, 11) is 0. The first-order valence-electron chi connectivity index (χ1n) is 8.89. The second-order valence-corrected chi connectivity index (χ2v) is 7.56. The highest BCUT2D eigenvalue weighted by Gasteiger charge is 2.22. The zero-order valence-corrected chi connectivity index (χ0v) is 15.3. The molecule has 7 nitrogen and oxygen atoms in total. The Kier molecular flexibility index (Phi) is 5.42. The average Bonchev–Trinajstić information content (AvgIpc) is 2.98. The van der Waals surface area contributed by atoms with Gasteiger partial charge in [0.25, 0.3) is 5.91 Å². The van der Waals surface area contributed by atoms with Crippen LogP contribution in [0.25, 0.3) is 0 Å². The van der Waals surface area contributed by atoms with Crippen LogP contribution in [-0.4, -0.2) is 54.8 Å². The van der Waals surface area contributed by atoms with Crippen LogP contribution in [-0.2, 0) is 22.5 Å². The van der Waals surface area contributed by atoms with Gasteiger partial charge in [-0.2, -0.15) is 0 Å². The lowest BCUT2D eigenvalue weighted by Crippen LogP contribution is -2.40. The molecule has 2 aromatic heterocycles. The van der Waals surface area contributed by atoms with Gasteiger partial charge < -0.3 is 19.7 Å². The molecule has 0 spiro atoms. The van der Waals surface area contributed by atoms with Gasteiger partial charge in [0, 0.05) is 49.9 Å². The number of nitrogens with zero attached hydrogens (tertiary/aromatic N) is 3. The van der Waals surface area contributed by atoms with Crippen molar-refractivity contribution in [3.05, 3.63) is 40.0 Å². The summed E-state index contributed by atoms with van der Waals surface area (Å²) in [6, 6.07) is 1.95. The number of thiophene rings is 1. The van der Waals surface area contributed by atoms with Crippen LogP contribution in [0.5, 0.6) is 0 Å². The van der Waals surface area contributed by atoms with E-state index < -0.39 is 0 Å². The van der Waals surface area contributed by atoms with E-state index in [1.54, 1.807) is 29.9 Å². The van der Waals surface area contributed by atoms with Crippen molar-refractivity contribution < 1.29 is 14.3 Å². The van der Waals surface area contributed by atoms with Gasteiger partial charge >= 0.3 is 0 Å². The molecule has 0 aliphatic carbocycles. The number of carbonyl (C=O) groups excluding carboxylic acids is 1. The first kappa shape index (κ1) is 17.4. The highest BCUT2D eigenvalue weighted by molar-refractivity contribution is 7.14. The van der Waals surface area contributed by atoms with Gasteiger partial charge in [0.1, 0.15) is 5.82 Å².